The van der Waals surface area contributed by atoms with Crippen molar-refractivity contribution >= 4 is 39.1 Å². The van der Waals surface area contributed by atoms with Crippen LogP contribution in [0, 0.1) is 0 Å². The van der Waals surface area contributed by atoms with Crippen LogP contribution in [0.15, 0.2) is 35.1 Å². The van der Waals surface area contributed by atoms with E-state index in [2.05, 4.69) is 31.7 Å². The van der Waals surface area contributed by atoms with Crippen LogP contribution in [-0.4, -0.2) is 27.6 Å². The number of nitrogen functional groups attached to an aromatic ring is 1. The Hall–Kier alpha value is -2.35. The number of nitrogens with two attached hydrogens (primary N) is 1. The Kier molecular flexibility index (Phi) is 4.33. The molecule has 2 aromatic rings. The maximum Gasteiger partial charge on any atom is 0.257 e. The minimum absolute atomic E-state index is 0.0781. The van der Waals surface area contributed by atoms with E-state index in [1.165, 1.54) is 10.9 Å². The number of rotatable bonds is 5. The first-order valence-corrected chi connectivity index (χ1v) is 7.99. The number of anilines is 2. The summed E-state index contributed by atoms with van der Waals surface area (Å²) in [5, 5.41) is 9.67. The molecule has 0 radical (unpaired) electrons. The Morgan fingerprint density at radius 2 is 2.17 bits per heavy atom. The standard InChI is InChI=1S/C15H16BrN5O2/c16-9-1-4-12(13(17)5-9)15(23)20-11-6-18-21(7-11)8-14(22)19-10-2-3-10/h1,4-7,10H,2-3,8,17H2,(H,19,22)(H,20,23). The predicted octanol–water partition coefficient (Wildman–Crippen LogP) is 1.76. The third kappa shape index (κ3) is 4.10. The Morgan fingerprint density at radius 3 is 2.87 bits per heavy atom. The van der Waals surface area contributed by atoms with Gasteiger partial charge in [0.25, 0.3) is 5.91 Å². The zero-order chi connectivity index (χ0) is 16.4. The van der Waals surface area contributed by atoms with Gasteiger partial charge in [0.1, 0.15) is 6.54 Å². The molecule has 1 heterocycles. The van der Waals surface area contributed by atoms with E-state index < -0.39 is 0 Å². The molecule has 1 aromatic heterocycles. The summed E-state index contributed by atoms with van der Waals surface area (Å²) in [6, 6.07) is 5.37. The predicted molar refractivity (Wildman–Crippen MR) is 89.9 cm³/mol. The molecule has 1 aliphatic carbocycles. The van der Waals surface area contributed by atoms with Crippen molar-refractivity contribution in [1.29, 1.82) is 0 Å². The third-order valence-electron chi connectivity index (χ3n) is 3.40. The Labute approximate surface area is 141 Å². The molecule has 23 heavy (non-hydrogen) atoms. The van der Waals surface area contributed by atoms with Crippen LogP contribution in [0.3, 0.4) is 0 Å². The molecule has 1 fully saturated rings. The fraction of sp³-hybridized carbons (Fsp3) is 0.267. The molecule has 0 unspecified atom stereocenters. The van der Waals surface area contributed by atoms with Gasteiger partial charge in [-0.3, -0.25) is 14.3 Å². The van der Waals surface area contributed by atoms with Gasteiger partial charge in [-0.2, -0.15) is 5.10 Å². The maximum absolute atomic E-state index is 12.2. The van der Waals surface area contributed by atoms with Crippen molar-refractivity contribution in [1.82, 2.24) is 15.1 Å². The number of hydrogen-bond acceptors (Lipinski definition) is 4. The Balaban J connectivity index is 1.61. The lowest BCUT2D eigenvalue weighted by atomic mass is 10.1. The highest BCUT2D eigenvalue weighted by Crippen LogP contribution is 2.20. The molecule has 1 aromatic carbocycles. The number of aromatic nitrogens is 2. The second-order valence-electron chi connectivity index (χ2n) is 5.45. The maximum atomic E-state index is 12.2. The van der Waals surface area contributed by atoms with Crippen molar-refractivity contribution in [2.24, 2.45) is 0 Å². The molecular formula is C15H16BrN5O2. The lowest BCUT2D eigenvalue weighted by Gasteiger charge is -2.06. The minimum Gasteiger partial charge on any atom is -0.398 e. The summed E-state index contributed by atoms with van der Waals surface area (Å²) < 4.78 is 2.29. The zero-order valence-electron chi connectivity index (χ0n) is 12.3. The van der Waals surface area contributed by atoms with Crippen LogP contribution in [0.2, 0.25) is 0 Å². The van der Waals surface area contributed by atoms with Gasteiger partial charge in [-0.25, -0.2) is 0 Å². The van der Waals surface area contributed by atoms with Crippen molar-refractivity contribution in [2.75, 3.05) is 11.1 Å². The van der Waals surface area contributed by atoms with Crippen LogP contribution >= 0.6 is 15.9 Å². The number of nitrogens with zero attached hydrogens (tertiary/aromatic N) is 2. The first kappa shape index (κ1) is 15.5. The molecule has 7 nitrogen and oxygen atoms in total. The van der Waals surface area contributed by atoms with Crippen LogP contribution in [0.4, 0.5) is 11.4 Å². The lowest BCUT2D eigenvalue weighted by Crippen LogP contribution is -2.29. The average molecular weight is 378 g/mol. The summed E-state index contributed by atoms with van der Waals surface area (Å²) in [5.41, 5.74) is 7.11. The zero-order valence-corrected chi connectivity index (χ0v) is 13.8. The highest BCUT2D eigenvalue weighted by atomic mass is 79.9. The van der Waals surface area contributed by atoms with Crippen molar-refractivity contribution in [2.45, 2.75) is 25.4 Å². The van der Waals surface area contributed by atoms with Crippen LogP contribution in [-0.2, 0) is 11.3 Å². The molecule has 0 bridgehead atoms. The van der Waals surface area contributed by atoms with Gasteiger partial charge < -0.3 is 16.4 Å². The van der Waals surface area contributed by atoms with Gasteiger partial charge in [0.2, 0.25) is 5.91 Å². The van der Waals surface area contributed by atoms with Crippen molar-refractivity contribution in [3.8, 4) is 0 Å². The fourth-order valence-corrected chi connectivity index (χ4v) is 2.48. The summed E-state index contributed by atoms with van der Waals surface area (Å²) in [5.74, 6) is -0.400. The highest BCUT2D eigenvalue weighted by Gasteiger charge is 2.23. The largest absolute Gasteiger partial charge is 0.398 e. The van der Waals surface area contributed by atoms with Crippen molar-refractivity contribution < 1.29 is 9.59 Å². The Bertz CT molecular complexity index is 754. The van der Waals surface area contributed by atoms with Crippen LogP contribution < -0.4 is 16.4 Å². The molecule has 0 aliphatic heterocycles. The van der Waals surface area contributed by atoms with Gasteiger partial charge in [0.15, 0.2) is 0 Å². The molecule has 120 valence electrons. The molecule has 0 atom stereocenters. The highest BCUT2D eigenvalue weighted by molar-refractivity contribution is 9.10. The summed E-state index contributed by atoms with van der Waals surface area (Å²) in [6.45, 7) is 0.132. The van der Waals surface area contributed by atoms with E-state index in [1.807, 2.05) is 0 Å². The summed E-state index contributed by atoms with van der Waals surface area (Å²) in [4.78, 5) is 23.9. The number of carbonyl (C=O) groups is 2. The lowest BCUT2D eigenvalue weighted by molar-refractivity contribution is -0.122. The van der Waals surface area contributed by atoms with Gasteiger partial charge >= 0.3 is 0 Å². The topological polar surface area (TPSA) is 102 Å². The Morgan fingerprint density at radius 1 is 1.39 bits per heavy atom. The number of amides is 2. The quantitative estimate of drug-likeness (QED) is 0.690. The van der Waals surface area contributed by atoms with Gasteiger partial charge in [-0.15, -0.1) is 0 Å². The van der Waals surface area contributed by atoms with Crippen molar-refractivity contribution in [3.05, 3.63) is 40.6 Å². The SMILES string of the molecule is Nc1cc(Br)ccc1C(=O)Nc1cnn(CC(=O)NC2CC2)c1. The molecule has 8 heteroatoms. The van der Waals surface area contributed by atoms with E-state index >= 15 is 0 Å². The van der Waals surface area contributed by atoms with Crippen LogP contribution in [0.25, 0.3) is 0 Å². The minimum atomic E-state index is -0.322. The molecule has 0 spiro atoms. The van der Waals surface area contributed by atoms with Gasteiger partial charge in [0.05, 0.1) is 17.4 Å². The van der Waals surface area contributed by atoms with Gasteiger partial charge in [0, 0.05) is 22.4 Å². The van der Waals surface area contributed by atoms with E-state index in [0.29, 0.717) is 23.0 Å². The van der Waals surface area contributed by atoms with E-state index in [1.54, 1.807) is 24.4 Å². The van der Waals surface area contributed by atoms with Crippen molar-refractivity contribution in [3.63, 3.8) is 0 Å². The number of benzene rings is 1. The number of carbonyl (C=O) groups excluding carboxylic acids is 2. The molecule has 1 saturated carbocycles. The van der Waals surface area contributed by atoms with Gasteiger partial charge in [-0.05, 0) is 31.0 Å². The van der Waals surface area contributed by atoms with E-state index in [0.717, 1.165) is 17.3 Å². The third-order valence-corrected chi connectivity index (χ3v) is 3.89. The molecule has 0 saturated heterocycles. The van der Waals surface area contributed by atoms with Crippen LogP contribution in [0.1, 0.15) is 23.2 Å². The molecule has 3 rings (SSSR count). The first-order chi connectivity index (χ1) is 11.0. The van der Waals surface area contributed by atoms with E-state index in [9.17, 15) is 9.59 Å². The fourth-order valence-electron chi connectivity index (χ4n) is 2.10. The molecule has 1 aliphatic rings. The monoisotopic (exact) mass is 377 g/mol. The first-order valence-electron chi connectivity index (χ1n) is 7.19. The molecule has 4 N–H and O–H groups in total. The number of hydrogen-bond donors (Lipinski definition) is 3. The van der Waals surface area contributed by atoms with E-state index in [4.69, 9.17) is 5.73 Å². The average Bonchev–Trinajstić information content (AvgIpc) is 3.18. The van der Waals surface area contributed by atoms with E-state index in [-0.39, 0.29) is 18.4 Å². The normalized spacial score (nSPS) is 13.6. The summed E-state index contributed by atoms with van der Waals surface area (Å²) in [7, 11) is 0. The summed E-state index contributed by atoms with van der Waals surface area (Å²) in [6.07, 6.45) is 5.19. The number of nitrogens with one attached hydrogen (secondary N) is 2. The second-order valence-corrected chi connectivity index (χ2v) is 6.37. The smallest absolute Gasteiger partial charge is 0.257 e. The second kappa shape index (κ2) is 6.41. The van der Waals surface area contributed by atoms with Crippen LogP contribution in [0.5, 0.6) is 0 Å². The number of halogens is 1. The molecule has 2 amide bonds. The van der Waals surface area contributed by atoms with Gasteiger partial charge in [-0.1, -0.05) is 15.9 Å². The summed E-state index contributed by atoms with van der Waals surface area (Å²) >= 11 is 3.30. The molecular weight excluding hydrogens is 362 g/mol.